The van der Waals surface area contributed by atoms with Crippen molar-refractivity contribution >= 4 is 5.91 Å². The molecule has 0 radical (unpaired) electrons. The van der Waals surface area contributed by atoms with Crippen molar-refractivity contribution in [3.63, 3.8) is 0 Å². The highest BCUT2D eigenvalue weighted by Crippen LogP contribution is 2.24. The summed E-state index contributed by atoms with van der Waals surface area (Å²) in [5.74, 6) is 0.579. The number of aliphatic hydroxyl groups excluding tert-OH is 4. The summed E-state index contributed by atoms with van der Waals surface area (Å²) in [7, 11) is 0. The molecule has 2 fully saturated rings. The maximum absolute atomic E-state index is 11.9. The largest absolute Gasteiger partial charge is 0.395 e. The quantitative estimate of drug-likeness (QED) is 0.504. The average Bonchev–Trinajstić information content (AvgIpc) is 2.54. The first-order chi connectivity index (χ1) is 11.0. The van der Waals surface area contributed by atoms with Crippen molar-refractivity contribution in [3.05, 3.63) is 0 Å². The van der Waals surface area contributed by atoms with Gasteiger partial charge in [-0.15, -0.1) is 0 Å². The maximum atomic E-state index is 11.9. The molecule has 7 nitrogen and oxygen atoms in total. The lowest BCUT2D eigenvalue weighted by atomic mass is 9.90. The summed E-state index contributed by atoms with van der Waals surface area (Å²) in [4.78, 5) is 15.7. The molecule has 0 aromatic rings. The predicted octanol–water partition coefficient (Wildman–Crippen LogP) is -1.22. The number of carbonyl (C=O) groups excluding carboxylic acids is 1. The number of hydrogen-bond donors (Lipinski definition) is 4. The number of amides is 1. The zero-order valence-electron chi connectivity index (χ0n) is 13.8. The van der Waals surface area contributed by atoms with E-state index in [0.29, 0.717) is 18.9 Å². The molecule has 0 aromatic heterocycles. The van der Waals surface area contributed by atoms with Crippen LogP contribution < -0.4 is 0 Å². The fourth-order valence-corrected chi connectivity index (χ4v) is 3.66. The van der Waals surface area contributed by atoms with Gasteiger partial charge < -0.3 is 25.3 Å². The van der Waals surface area contributed by atoms with Gasteiger partial charge in [0.2, 0.25) is 5.91 Å². The van der Waals surface area contributed by atoms with Crippen molar-refractivity contribution < 1.29 is 25.2 Å². The predicted molar refractivity (Wildman–Crippen MR) is 84.7 cm³/mol. The Labute approximate surface area is 137 Å². The molecule has 2 rings (SSSR count). The van der Waals surface area contributed by atoms with Gasteiger partial charge in [0, 0.05) is 32.6 Å². The Balaban J connectivity index is 1.86. The zero-order valence-corrected chi connectivity index (χ0v) is 13.8. The molecule has 134 valence electrons. The molecule has 23 heavy (non-hydrogen) atoms. The Morgan fingerprint density at radius 1 is 1.13 bits per heavy atom. The van der Waals surface area contributed by atoms with Gasteiger partial charge in [0.25, 0.3) is 0 Å². The van der Waals surface area contributed by atoms with E-state index >= 15 is 0 Å². The molecule has 0 unspecified atom stereocenters. The monoisotopic (exact) mass is 330 g/mol. The number of nitrogens with zero attached hydrogens (tertiary/aromatic N) is 2. The molecule has 4 N–H and O–H groups in total. The fraction of sp³-hybridized carbons (Fsp3) is 0.938. The highest BCUT2D eigenvalue weighted by molar-refractivity contribution is 5.76. The van der Waals surface area contributed by atoms with E-state index in [-0.39, 0.29) is 19.1 Å². The van der Waals surface area contributed by atoms with E-state index in [2.05, 4.69) is 0 Å². The number of likely N-dealkylation sites (tertiary alicyclic amines) is 2. The molecule has 0 saturated carbocycles. The van der Waals surface area contributed by atoms with Crippen LogP contribution in [-0.2, 0) is 4.79 Å². The van der Waals surface area contributed by atoms with Crippen LogP contribution in [0, 0.1) is 5.92 Å². The molecule has 0 spiro atoms. The maximum Gasteiger partial charge on any atom is 0.222 e. The average molecular weight is 330 g/mol. The number of rotatable bonds is 5. The third-order valence-corrected chi connectivity index (χ3v) is 5.14. The Morgan fingerprint density at radius 3 is 2.35 bits per heavy atom. The van der Waals surface area contributed by atoms with Gasteiger partial charge in [-0.2, -0.15) is 0 Å². The second-order valence-corrected chi connectivity index (χ2v) is 6.83. The third-order valence-electron chi connectivity index (χ3n) is 5.14. The van der Waals surface area contributed by atoms with Crippen molar-refractivity contribution in [2.24, 2.45) is 5.92 Å². The van der Waals surface area contributed by atoms with Gasteiger partial charge in [-0.3, -0.25) is 9.69 Å². The Kier molecular flexibility index (Phi) is 6.79. The van der Waals surface area contributed by atoms with Crippen LogP contribution in [0.3, 0.4) is 0 Å². The van der Waals surface area contributed by atoms with Crippen LogP contribution in [0.1, 0.15) is 32.6 Å². The fourth-order valence-electron chi connectivity index (χ4n) is 3.66. The van der Waals surface area contributed by atoms with Crippen LogP contribution in [0.2, 0.25) is 0 Å². The normalized spacial score (nSPS) is 33.9. The van der Waals surface area contributed by atoms with E-state index in [1.54, 1.807) is 0 Å². The number of β-amino-alcohol motifs (C(OH)–C–C–N with tert-alkyl or cyclic N) is 1. The minimum absolute atomic E-state index is 0.214. The SMILES string of the molecule is CCCC(=O)N1CCC(CN2C[C@H](O)[C@@H](O)[C@H](O)[C@@H]2CO)CC1. The molecule has 0 bridgehead atoms. The number of hydrogen-bond acceptors (Lipinski definition) is 6. The molecule has 0 aromatic carbocycles. The van der Waals surface area contributed by atoms with Crippen LogP contribution in [0.4, 0.5) is 0 Å². The van der Waals surface area contributed by atoms with Gasteiger partial charge in [-0.05, 0) is 25.2 Å². The van der Waals surface area contributed by atoms with Gasteiger partial charge in [-0.25, -0.2) is 0 Å². The number of aliphatic hydroxyl groups is 4. The number of carbonyl (C=O) groups is 1. The molecule has 1 amide bonds. The van der Waals surface area contributed by atoms with E-state index < -0.39 is 24.4 Å². The van der Waals surface area contributed by atoms with Crippen molar-refractivity contribution in [3.8, 4) is 0 Å². The second kappa shape index (κ2) is 8.39. The Bertz CT molecular complexity index is 387. The summed E-state index contributed by atoms with van der Waals surface area (Å²) >= 11 is 0. The smallest absolute Gasteiger partial charge is 0.222 e. The first-order valence-corrected chi connectivity index (χ1v) is 8.64. The highest BCUT2D eigenvalue weighted by atomic mass is 16.4. The van der Waals surface area contributed by atoms with Gasteiger partial charge in [0.1, 0.15) is 12.2 Å². The minimum Gasteiger partial charge on any atom is -0.395 e. The van der Waals surface area contributed by atoms with Crippen LogP contribution in [-0.4, -0.2) is 93.3 Å². The van der Waals surface area contributed by atoms with Gasteiger partial charge >= 0.3 is 0 Å². The first-order valence-electron chi connectivity index (χ1n) is 8.64. The molecule has 0 aliphatic carbocycles. The van der Waals surface area contributed by atoms with Crippen molar-refractivity contribution in [2.75, 3.05) is 32.8 Å². The summed E-state index contributed by atoms with van der Waals surface area (Å²) in [6.45, 7) is 4.14. The van der Waals surface area contributed by atoms with Crippen LogP contribution in [0.5, 0.6) is 0 Å². The lowest BCUT2D eigenvalue weighted by Crippen LogP contribution is -2.63. The van der Waals surface area contributed by atoms with E-state index in [0.717, 1.165) is 32.4 Å². The summed E-state index contributed by atoms with van der Waals surface area (Å²) in [6.07, 6.45) is -0.119. The van der Waals surface area contributed by atoms with Crippen LogP contribution in [0.25, 0.3) is 0 Å². The summed E-state index contributed by atoms with van der Waals surface area (Å²) < 4.78 is 0. The van der Waals surface area contributed by atoms with Gasteiger partial charge in [0.05, 0.1) is 18.8 Å². The molecule has 7 heteroatoms. The molecule has 2 aliphatic rings. The van der Waals surface area contributed by atoms with E-state index in [1.807, 2.05) is 16.7 Å². The first kappa shape index (κ1) is 18.6. The van der Waals surface area contributed by atoms with Gasteiger partial charge in [-0.1, -0.05) is 6.92 Å². The standard InChI is InChI=1S/C16H30N2O5/c1-2-3-14(21)17-6-4-11(5-7-17)8-18-9-13(20)16(23)15(22)12(18)10-19/h11-13,15-16,19-20,22-23H,2-10H2,1H3/t12-,13-,15+,16+/m0/s1. The van der Waals surface area contributed by atoms with Crippen molar-refractivity contribution in [2.45, 2.75) is 57.0 Å². The third kappa shape index (κ3) is 4.42. The second-order valence-electron chi connectivity index (χ2n) is 6.83. The number of piperidine rings is 2. The molecule has 4 atom stereocenters. The zero-order chi connectivity index (χ0) is 17.0. The molecular formula is C16H30N2O5. The molecule has 2 aliphatic heterocycles. The van der Waals surface area contributed by atoms with E-state index in [1.165, 1.54) is 0 Å². The minimum atomic E-state index is -1.21. The van der Waals surface area contributed by atoms with E-state index in [9.17, 15) is 25.2 Å². The molecule has 2 heterocycles. The summed E-state index contributed by atoms with van der Waals surface area (Å²) in [5, 5.41) is 39.1. The molecule has 2 saturated heterocycles. The lowest BCUT2D eigenvalue weighted by Gasteiger charge is -2.45. The molecular weight excluding hydrogens is 300 g/mol. The summed E-state index contributed by atoms with van der Waals surface area (Å²) in [5.41, 5.74) is 0. The Morgan fingerprint density at radius 2 is 1.78 bits per heavy atom. The Hall–Kier alpha value is -0.730. The topological polar surface area (TPSA) is 104 Å². The highest BCUT2D eigenvalue weighted by Gasteiger charge is 2.41. The van der Waals surface area contributed by atoms with Crippen molar-refractivity contribution in [1.82, 2.24) is 9.80 Å². The van der Waals surface area contributed by atoms with Crippen molar-refractivity contribution in [1.29, 1.82) is 0 Å². The lowest BCUT2D eigenvalue weighted by molar-refractivity contribution is -0.148. The van der Waals surface area contributed by atoms with E-state index in [4.69, 9.17) is 0 Å². The van der Waals surface area contributed by atoms with Crippen LogP contribution >= 0.6 is 0 Å². The van der Waals surface area contributed by atoms with Crippen LogP contribution in [0.15, 0.2) is 0 Å². The van der Waals surface area contributed by atoms with Gasteiger partial charge in [0.15, 0.2) is 0 Å². The summed E-state index contributed by atoms with van der Waals surface area (Å²) in [6, 6.07) is -0.548.